The van der Waals surface area contributed by atoms with Gasteiger partial charge in [-0.15, -0.1) is 0 Å². The van der Waals surface area contributed by atoms with Crippen LogP contribution < -0.4 is 15.4 Å². The summed E-state index contributed by atoms with van der Waals surface area (Å²) in [5, 5.41) is 0. The van der Waals surface area contributed by atoms with Crippen LogP contribution in [0.5, 0.6) is 5.75 Å². The van der Waals surface area contributed by atoms with Crippen molar-refractivity contribution in [3.8, 4) is 5.75 Å². The maximum absolute atomic E-state index is 12.6. The van der Waals surface area contributed by atoms with E-state index in [0.717, 1.165) is 24.3 Å². The van der Waals surface area contributed by atoms with Crippen LogP contribution in [0.4, 0.5) is 5.69 Å². The standard InChI is InChI=1S/C14H18N2O2/c1-14(15,10-6-7-10)13(17)16-8-9-18-12-5-3-2-4-11(12)16/h2-5,10H,6-9,15H2,1H3. The molecule has 0 bridgehead atoms. The lowest BCUT2D eigenvalue weighted by molar-refractivity contribution is -0.124. The SMILES string of the molecule is CC(N)(C(=O)N1CCOc2ccccc21)C1CC1. The fourth-order valence-corrected chi connectivity index (χ4v) is 2.53. The monoisotopic (exact) mass is 246 g/mol. The first kappa shape index (κ1) is 11.5. The van der Waals surface area contributed by atoms with Crippen LogP contribution in [0.3, 0.4) is 0 Å². The fourth-order valence-electron chi connectivity index (χ4n) is 2.53. The molecular weight excluding hydrogens is 228 g/mol. The third kappa shape index (κ3) is 1.77. The molecule has 0 aromatic heterocycles. The van der Waals surface area contributed by atoms with Crippen molar-refractivity contribution >= 4 is 11.6 Å². The molecule has 4 heteroatoms. The van der Waals surface area contributed by atoms with Gasteiger partial charge in [0.15, 0.2) is 0 Å². The van der Waals surface area contributed by atoms with Gasteiger partial charge in [0.25, 0.3) is 0 Å². The van der Waals surface area contributed by atoms with Gasteiger partial charge in [-0.3, -0.25) is 4.79 Å². The average Bonchev–Trinajstić information content (AvgIpc) is 3.22. The molecule has 1 aliphatic heterocycles. The number of ether oxygens (including phenoxy) is 1. The highest BCUT2D eigenvalue weighted by Gasteiger charge is 2.46. The topological polar surface area (TPSA) is 55.6 Å². The van der Waals surface area contributed by atoms with Gasteiger partial charge in [0.1, 0.15) is 12.4 Å². The largest absolute Gasteiger partial charge is 0.490 e. The van der Waals surface area contributed by atoms with Crippen LogP contribution in [0, 0.1) is 5.92 Å². The van der Waals surface area contributed by atoms with E-state index in [2.05, 4.69) is 0 Å². The highest BCUT2D eigenvalue weighted by Crippen LogP contribution is 2.41. The number of rotatable bonds is 2. The van der Waals surface area contributed by atoms with Gasteiger partial charge in [0.05, 0.1) is 17.8 Å². The van der Waals surface area contributed by atoms with Crippen LogP contribution in [0.25, 0.3) is 0 Å². The Balaban J connectivity index is 1.91. The molecule has 96 valence electrons. The van der Waals surface area contributed by atoms with Crippen LogP contribution in [-0.2, 0) is 4.79 Å². The lowest BCUT2D eigenvalue weighted by Crippen LogP contribution is -2.56. The summed E-state index contributed by atoms with van der Waals surface area (Å²) in [6.07, 6.45) is 2.12. The Morgan fingerprint density at radius 2 is 2.17 bits per heavy atom. The van der Waals surface area contributed by atoms with Gasteiger partial charge in [0.2, 0.25) is 5.91 Å². The maximum atomic E-state index is 12.6. The molecule has 1 aromatic carbocycles. The molecule has 1 amide bonds. The number of carbonyl (C=O) groups excluding carboxylic acids is 1. The second-order valence-corrected chi connectivity index (χ2v) is 5.33. The molecule has 0 radical (unpaired) electrons. The minimum atomic E-state index is -0.746. The predicted octanol–water partition coefficient (Wildman–Crippen LogP) is 1.54. The first-order valence-corrected chi connectivity index (χ1v) is 6.43. The van der Waals surface area contributed by atoms with E-state index in [1.165, 1.54) is 0 Å². The number of para-hydroxylation sites is 2. The number of carbonyl (C=O) groups is 1. The summed E-state index contributed by atoms with van der Waals surface area (Å²) < 4.78 is 5.56. The maximum Gasteiger partial charge on any atom is 0.247 e. The minimum Gasteiger partial charge on any atom is -0.490 e. The minimum absolute atomic E-state index is 0.0146. The van der Waals surface area contributed by atoms with Gasteiger partial charge in [-0.2, -0.15) is 0 Å². The Morgan fingerprint density at radius 1 is 1.44 bits per heavy atom. The van der Waals surface area contributed by atoms with Crippen molar-refractivity contribution in [2.75, 3.05) is 18.1 Å². The van der Waals surface area contributed by atoms with Crippen LogP contribution in [-0.4, -0.2) is 24.6 Å². The second-order valence-electron chi connectivity index (χ2n) is 5.33. The van der Waals surface area contributed by atoms with E-state index in [-0.39, 0.29) is 5.91 Å². The van der Waals surface area contributed by atoms with Crippen molar-refractivity contribution in [3.63, 3.8) is 0 Å². The number of fused-ring (bicyclic) bond motifs is 1. The Labute approximate surface area is 107 Å². The number of anilines is 1. The molecule has 4 nitrogen and oxygen atoms in total. The molecule has 1 unspecified atom stereocenters. The number of benzene rings is 1. The van der Waals surface area contributed by atoms with Gasteiger partial charge in [0, 0.05) is 0 Å². The Kier molecular flexibility index (Phi) is 2.55. The molecule has 1 heterocycles. The van der Waals surface area contributed by atoms with Crippen LogP contribution in [0.1, 0.15) is 19.8 Å². The van der Waals surface area contributed by atoms with E-state index < -0.39 is 5.54 Å². The van der Waals surface area contributed by atoms with E-state index in [4.69, 9.17) is 10.5 Å². The third-order valence-corrected chi connectivity index (χ3v) is 3.86. The molecule has 18 heavy (non-hydrogen) atoms. The van der Waals surface area contributed by atoms with Crippen molar-refractivity contribution in [3.05, 3.63) is 24.3 Å². The summed E-state index contributed by atoms with van der Waals surface area (Å²) in [5.74, 6) is 1.12. The first-order valence-electron chi connectivity index (χ1n) is 6.43. The zero-order valence-electron chi connectivity index (χ0n) is 10.6. The van der Waals surface area contributed by atoms with Crippen molar-refractivity contribution in [2.24, 2.45) is 11.7 Å². The average molecular weight is 246 g/mol. The van der Waals surface area contributed by atoms with E-state index in [0.29, 0.717) is 19.1 Å². The number of nitrogens with zero attached hydrogens (tertiary/aromatic N) is 1. The van der Waals surface area contributed by atoms with E-state index in [1.807, 2.05) is 31.2 Å². The zero-order valence-corrected chi connectivity index (χ0v) is 10.6. The van der Waals surface area contributed by atoms with Gasteiger partial charge < -0.3 is 15.4 Å². The van der Waals surface area contributed by atoms with E-state index in [9.17, 15) is 4.79 Å². The second kappa shape index (κ2) is 3.99. The molecule has 2 aliphatic rings. The molecular formula is C14H18N2O2. The van der Waals surface area contributed by atoms with Crippen molar-refractivity contribution < 1.29 is 9.53 Å². The highest BCUT2D eigenvalue weighted by molar-refractivity contribution is 6.01. The van der Waals surface area contributed by atoms with Crippen LogP contribution in [0.15, 0.2) is 24.3 Å². The van der Waals surface area contributed by atoms with Gasteiger partial charge in [-0.05, 0) is 37.8 Å². The molecule has 1 fully saturated rings. The lowest BCUT2D eigenvalue weighted by atomic mass is 9.95. The quantitative estimate of drug-likeness (QED) is 0.861. The Morgan fingerprint density at radius 3 is 2.89 bits per heavy atom. The van der Waals surface area contributed by atoms with Crippen LogP contribution >= 0.6 is 0 Å². The molecule has 1 aromatic rings. The summed E-state index contributed by atoms with van der Waals surface area (Å²) in [6, 6.07) is 7.63. The smallest absolute Gasteiger partial charge is 0.247 e. The molecule has 0 saturated heterocycles. The van der Waals surface area contributed by atoms with E-state index >= 15 is 0 Å². The number of hydrogen-bond donors (Lipinski definition) is 1. The number of amides is 1. The molecule has 1 saturated carbocycles. The van der Waals surface area contributed by atoms with Gasteiger partial charge in [-0.25, -0.2) is 0 Å². The molecule has 1 atom stereocenters. The molecule has 0 spiro atoms. The summed E-state index contributed by atoms with van der Waals surface area (Å²) in [6.45, 7) is 2.96. The molecule has 1 aliphatic carbocycles. The summed E-state index contributed by atoms with van der Waals surface area (Å²) in [5.41, 5.74) is 6.31. The number of hydrogen-bond acceptors (Lipinski definition) is 3. The van der Waals surface area contributed by atoms with Gasteiger partial charge in [-0.1, -0.05) is 12.1 Å². The third-order valence-electron chi connectivity index (χ3n) is 3.86. The number of nitrogens with two attached hydrogens (primary N) is 1. The first-order chi connectivity index (χ1) is 8.60. The van der Waals surface area contributed by atoms with Crippen molar-refractivity contribution in [1.29, 1.82) is 0 Å². The Bertz CT molecular complexity index is 480. The van der Waals surface area contributed by atoms with Crippen molar-refractivity contribution in [2.45, 2.75) is 25.3 Å². The summed E-state index contributed by atoms with van der Waals surface area (Å²) in [7, 11) is 0. The summed E-state index contributed by atoms with van der Waals surface area (Å²) in [4.78, 5) is 14.4. The van der Waals surface area contributed by atoms with Crippen molar-refractivity contribution in [1.82, 2.24) is 0 Å². The highest BCUT2D eigenvalue weighted by atomic mass is 16.5. The zero-order chi connectivity index (χ0) is 12.8. The molecule has 2 N–H and O–H groups in total. The normalized spacial score (nSPS) is 21.8. The Hall–Kier alpha value is -1.55. The van der Waals surface area contributed by atoms with Crippen LogP contribution in [0.2, 0.25) is 0 Å². The fraction of sp³-hybridized carbons (Fsp3) is 0.500. The van der Waals surface area contributed by atoms with Gasteiger partial charge >= 0.3 is 0 Å². The lowest BCUT2D eigenvalue weighted by Gasteiger charge is -2.35. The van der Waals surface area contributed by atoms with E-state index in [1.54, 1.807) is 4.90 Å². The predicted molar refractivity (Wildman–Crippen MR) is 69.6 cm³/mol. The summed E-state index contributed by atoms with van der Waals surface area (Å²) >= 11 is 0. The molecule has 3 rings (SSSR count).